The molecule has 2 N–H and O–H groups in total. The fourth-order valence-corrected chi connectivity index (χ4v) is 1.17. The molecule has 0 fully saturated rings. The van der Waals surface area contributed by atoms with Gasteiger partial charge in [0.2, 0.25) is 5.75 Å². The van der Waals surface area contributed by atoms with E-state index in [0.29, 0.717) is 12.8 Å². The Balaban J connectivity index is 2.97. The van der Waals surface area contributed by atoms with Gasteiger partial charge in [-0.1, -0.05) is 0 Å². The van der Waals surface area contributed by atoms with Crippen LogP contribution in [0.2, 0.25) is 0 Å². The third kappa shape index (κ3) is 2.16. The first kappa shape index (κ1) is 10.4. The molecule has 76 valence electrons. The van der Waals surface area contributed by atoms with Crippen molar-refractivity contribution in [3.63, 3.8) is 0 Å². The average Bonchev–Trinajstić information content (AvgIpc) is 2.19. The van der Waals surface area contributed by atoms with Gasteiger partial charge in [-0.3, -0.25) is 0 Å². The number of aromatic hydroxyl groups is 2. The van der Waals surface area contributed by atoms with Gasteiger partial charge in [0.15, 0.2) is 11.5 Å². The third-order valence-electron chi connectivity index (χ3n) is 1.89. The smallest absolute Gasteiger partial charge is 0.200 e. The number of ether oxygens (including phenoxy) is 1. The number of aryl methyl sites for hydroxylation is 1. The molecule has 0 atom stereocenters. The van der Waals surface area contributed by atoms with E-state index in [0.717, 1.165) is 11.8 Å². The van der Waals surface area contributed by atoms with E-state index in [2.05, 4.69) is 0 Å². The average molecular weight is 196 g/mol. The van der Waals surface area contributed by atoms with Crippen molar-refractivity contribution in [2.45, 2.75) is 12.8 Å². The third-order valence-corrected chi connectivity index (χ3v) is 1.89. The molecule has 0 aromatic heterocycles. The lowest BCUT2D eigenvalue weighted by atomic mass is 10.1. The molecule has 0 bridgehead atoms. The Morgan fingerprint density at radius 1 is 1.43 bits per heavy atom. The van der Waals surface area contributed by atoms with Crippen LogP contribution in [0.3, 0.4) is 0 Å². The first-order valence-corrected chi connectivity index (χ1v) is 4.21. The Morgan fingerprint density at radius 2 is 2.14 bits per heavy atom. The van der Waals surface area contributed by atoms with Crippen molar-refractivity contribution in [2.24, 2.45) is 0 Å². The highest BCUT2D eigenvalue weighted by Gasteiger charge is 2.08. The van der Waals surface area contributed by atoms with E-state index in [1.807, 2.05) is 0 Å². The molecule has 0 saturated carbocycles. The molecule has 4 nitrogen and oxygen atoms in total. The number of carbonyl (C=O) groups is 1. The Hall–Kier alpha value is -1.71. The van der Waals surface area contributed by atoms with E-state index in [4.69, 9.17) is 4.74 Å². The molecule has 4 heteroatoms. The van der Waals surface area contributed by atoms with Crippen LogP contribution in [0.1, 0.15) is 12.0 Å². The zero-order valence-electron chi connectivity index (χ0n) is 7.86. The van der Waals surface area contributed by atoms with E-state index < -0.39 is 0 Å². The molecule has 0 aliphatic rings. The standard InChI is InChI=1S/C10H12O4/c1-14-9-6-7(3-2-4-11)5-8(12)10(9)13/h4-6,12-13H,2-3H2,1H3. The molecule has 0 spiro atoms. The summed E-state index contributed by atoms with van der Waals surface area (Å²) in [5, 5.41) is 18.6. The number of benzene rings is 1. The molecule has 1 aromatic rings. The summed E-state index contributed by atoms with van der Waals surface area (Å²) in [6, 6.07) is 3.01. The lowest BCUT2D eigenvalue weighted by Crippen LogP contribution is -1.90. The molecule has 1 rings (SSSR count). The van der Waals surface area contributed by atoms with Crippen LogP contribution in [-0.4, -0.2) is 23.6 Å². The second-order valence-electron chi connectivity index (χ2n) is 2.87. The van der Waals surface area contributed by atoms with Crippen molar-refractivity contribution in [1.82, 2.24) is 0 Å². The Bertz CT molecular complexity index is 333. The zero-order valence-corrected chi connectivity index (χ0v) is 7.86. The predicted molar refractivity (Wildman–Crippen MR) is 50.7 cm³/mol. The van der Waals surface area contributed by atoms with E-state index in [1.54, 1.807) is 6.07 Å². The van der Waals surface area contributed by atoms with E-state index in [1.165, 1.54) is 13.2 Å². The summed E-state index contributed by atoms with van der Waals surface area (Å²) in [6.45, 7) is 0. The van der Waals surface area contributed by atoms with E-state index >= 15 is 0 Å². The highest BCUT2D eigenvalue weighted by molar-refractivity contribution is 5.54. The largest absolute Gasteiger partial charge is 0.504 e. The molecular formula is C10H12O4. The first-order chi connectivity index (χ1) is 6.69. The van der Waals surface area contributed by atoms with Gasteiger partial charge in [-0.15, -0.1) is 0 Å². The molecule has 1 aromatic carbocycles. The summed E-state index contributed by atoms with van der Waals surface area (Å²) in [5.41, 5.74) is 0.754. The van der Waals surface area contributed by atoms with Crippen molar-refractivity contribution in [2.75, 3.05) is 7.11 Å². The number of carbonyl (C=O) groups excluding carboxylic acids is 1. The Kier molecular flexibility index (Phi) is 3.34. The molecule has 0 saturated heterocycles. The van der Waals surface area contributed by atoms with Crippen LogP contribution in [0.15, 0.2) is 12.1 Å². The molecule has 0 amide bonds. The summed E-state index contributed by atoms with van der Waals surface area (Å²) in [7, 11) is 1.40. The summed E-state index contributed by atoms with van der Waals surface area (Å²) >= 11 is 0. The Morgan fingerprint density at radius 3 is 2.71 bits per heavy atom. The molecule has 0 aliphatic heterocycles. The van der Waals surface area contributed by atoms with Crippen LogP contribution < -0.4 is 4.74 Å². The number of phenols is 2. The summed E-state index contributed by atoms with van der Waals surface area (Å²) in [5.74, 6) is -0.293. The molecule has 0 unspecified atom stereocenters. The Labute approximate surface area is 81.8 Å². The van der Waals surface area contributed by atoms with Crippen LogP contribution in [-0.2, 0) is 11.2 Å². The number of aldehydes is 1. The fourth-order valence-electron chi connectivity index (χ4n) is 1.17. The van der Waals surface area contributed by atoms with Gasteiger partial charge in [-0.05, 0) is 24.1 Å². The minimum atomic E-state index is -0.276. The molecule has 14 heavy (non-hydrogen) atoms. The van der Waals surface area contributed by atoms with Crippen LogP contribution in [0.4, 0.5) is 0 Å². The molecular weight excluding hydrogens is 184 g/mol. The minimum absolute atomic E-state index is 0.214. The highest BCUT2D eigenvalue weighted by Crippen LogP contribution is 2.36. The van der Waals surface area contributed by atoms with Crippen LogP contribution in [0, 0.1) is 0 Å². The normalized spacial score (nSPS) is 9.79. The van der Waals surface area contributed by atoms with Gasteiger partial charge in [0.25, 0.3) is 0 Å². The molecule has 0 aliphatic carbocycles. The van der Waals surface area contributed by atoms with Gasteiger partial charge in [0.05, 0.1) is 7.11 Å². The number of methoxy groups -OCH3 is 1. The van der Waals surface area contributed by atoms with Gasteiger partial charge in [0, 0.05) is 6.42 Å². The topological polar surface area (TPSA) is 66.8 Å². The fraction of sp³-hybridized carbons (Fsp3) is 0.300. The van der Waals surface area contributed by atoms with Crippen molar-refractivity contribution in [1.29, 1.82) is 0 Å². The van der Waals surface area contributed by atoms with Crippen LogP contribution in [0.25, 0.3) is 0 Å². The second kappa shape index (κ2) is 4.50. The van der Waals surface area contributed by atoms with Crippen LogP contribution >= 0.6 is 0 Å². The van der Waals surface area contributed by atoms with Gasteiger partial charge in [-0.2, -0.15) is 0 Å². The lowest BCUT2D eigenvalue weighted by molar-refractivity contribution is -0.107. The summed E-state index contributed by atoms with van der Waals surface area (Å²) in [4.78, 5) is 10.1. The molecule has 0 heterocycles. The zero-order chi connectivity index (χ0) is 10.6. The SMILES string of the molecule is COc1cc(CCC=O)cc(O)c1O. The number of hydrogen-bond donors (Lipinski definition) is 2. The van der Waals surface area contributed by atoms with Crippen molar-refractivity contribution in [3.8, 4) is 17.2 Å². The van der Waals surface area contributed by atoms with Gasteiger partial charge in [-0.25, -0.2) is 0 Å². The van der Waals surface area contributed by atoms with Crippen LogP contribution in [0.5, 0.6) is 17.2 Å². The predicted octanol–water partition coefficient (Wildman–Crippen LogP) is 1.24. The van der Waals surface area contributed by atoms with Crippen molar-refractivity contribution in [3.05, 3.63) is 17.7 Å². The maximum Gasteiger partial charge on any atom is 0.200 e. The van der Waals surface area contributed by atoms with Crippen molar-refractivity contribution >= 4 is 6.29 Å². The van der Waals surface area contributed by atoms with Gasteiger partial charge >= 0.3 is 0 Å². The number of rotatable bonds is 4. The van der Waals surface area contributed by atoms with Crippen molar-refractivity contribution < 1.29 is 19.7 Å². The highest BCUT2D eigenvalue weighted by atomic mass is 16.5. The first-order valence-electron chi connectivity index (χ1n) is 4.21. The minimum Gasteiger partial charge on any atom is -0.504 e. The van der Waals surface area contributed by atoms with Gasteiger partial charge in [0.1, 0.15) is 6.29 Å². The summed E-state index contributed by atoms with van der Waals surface area (Å²) < 4.78 is 4.85. The summed E-state index contributed by atoms with van der Waals surface area (Å²) in [6.07, 6.45) is 1.71. The van der Waals surface area contributed by atoms with Gasteiger partial charge < -0.3 is 19.7 Å². The molecule has 0 radical (unpaired) electrons. The quantitative estimate of drug-likeness (QED) is 0.561. The van der Waals surface area contributed by atoms with E-state index in [9.17, 15) is 15.0 Å². The number of phenolic OH excluding ortho intramolecular Hbond substituents is 2. The maximum absolute atomic E-state index is 10.1. The number of hydrogen-bond acceptors (Lipinski definition) is 4. The monoisotopic (exact) mass is 196 g/mol. The lowest BCUT2D eigenvalue weighted by Gasteiger charge is -2.07. The maximum atomic E-state index is 10.1. The van der Waals surface area contributed by atoms with E-state index in [-0.39, 0.29) is 17.2 Å². The second-order valence-corrected chi connectivity index (χ2v) is 2.87.